The molecule has 8 nitrogen and oxygen atoms in total. The average molecular weight is 439 g/mol. The van der Waals surface area contributed by atoms with E-state index in [1.54, 1.807) is 37.5 Å². The maximum absolute atomic E-state index is 14.6. The van der Waals surface area contributed by atoms with Crippen LogP contribution in [-0.4, -0.2) is 61.5 Å². The van der Waals surface area contributed by atoms with Crippen LogP contribution >= 0.6 is 0 Å². The molecule has 5 rings (SSSR count). The molecule has 2 atom stereocenters. The van der Waals surface area contributed by atoms with Crippen LogP contribution in [-0.2, 0) is 4.74 Å². The van der Waals surface area contributed by atoms with Crippen LogP contribution in [0.2, 0.25) is 0 Å². The number of carbonyl (C=O) groups excluding carboxylic acids is 1. The number of pyridine rings is 1. The number of carbonyl (C=O) groups is 1. The van der Waals surface area contributed by atoms with Gasteiger partial charge < -0.3 is 15.0 Å². The third kappa shape index (κ3) is 4.24. The van der Waals surface area contributed by atoms with E-state index in [4.69, 9.17) is 4.74 Å². The maximum Gasteiger partial charge on any atom is 0.410 e. The maximum atomic E-state index is 14.6. The van der Waals surface area contributed by atoms with Crippen LogP contribution in [0.3, 0.4) is 0 Å². The molecule has 32 heavy (non-hydrogen) atoms. The van der Waals surface area contributed by atoms with Crippen molar-refractivity contribution < 1.29 is 13.9 Å². The average Bonchev–Trinajstić information content (AvgIpc) is 3.40. The molecular formula is C23H27FN6O2. The SMILES string of the molecule is CC(C)(C)OC(=O)N1C[C@H](Nc2cccc(-c3cnn4cc(C5CC5)cnc34)n2)[C@@H](F)C1. The van der Waals surface area contributed by atoms with Gasteiger partial charge in [-0.1, -0.05) is 6.07 Å². The van der Waals surface area contributed by atoms with Gasteiger partial charge in [0.25, 0.3) is 0 Å². The van der Waals surface area contributed by atoms with Crippen molar-refractivity contribution in [3.63, 3.8) is 0 Å². The number of rotatable bonds is 4. The Morgan fingerprint density at radius 3 is 2.78 bits per heavy atom. The summed E-state index contributed by atoms with van der Waals surface area (Å²) in [6.07, 6.45) is 6.39. The molecule has 9 heteroatoms. The lowest BCUT2D eigenvalue weighted by Gasteiger charge is -2.24. The van der Waals surface area contributed by atoms with Gasteiger partial charge in [-0.15, -0.1) is 0 Å². The minimum absolute atomic E-state index is 0.00638. The molecule has 0 aromatic carbocycles. The molecule has 0 radical (unpaired) electrons. The van der Waals surface area contributed by atoms with Gasteiger partial charge in [0.2, 0.25) is 0 Å². The number of likely N-dealkylation sites (tertiary alicyclic amines) is 1. The largest absolute Gasteiger partial charge is 0.444 e. The third-order valence-electron chi connectivity index (χ3n) is 5.68. The summed E-state index contributed by atoms with van der Waals surface area (Å²) in [6.45, 7) is 5.58. The number of hydrogen-bond donors (Lipinski definition) is 1. The first kappa shape index (κ1) is 20.7. The number of ether oxygens (including phenoxy) is 1. The predicted molar refractivity (Wildman–Crippen MR) is 118 cm³/mol. The quantitative estimate of drug-likeness (QED) is 0.662. The Balaban J connectivity index is 1.31. The van der Waals surface area contributed by atoms with Crippen molar-refractivity contribution in [1.29, 1.82) is 0 Å². The van der Waals surface area contributed by atoms with Crippen LogP contribution in [0.25, 0.3) is 16.9 Å². The molecule has 0 unspecified atom stereocenters. The van der Waals surface area contributed by atoms with Gasteiger partial charge in [0.15, 0.2) is 5.65 Å². The Kier molecular flexibility index (Phi) is 4.98. The van der Waals surface area contributed by atoms with Crippen molar-refractivity contribution in [2.24, 2.45) is 0 Å². The number of fused-ring (bicyclic) bond motifs is 1. The lowest BCUT2D eigenvalue weighted by Crippen LogP contribution is -2.36. The van der Waals surface area contributed by atoms with Crippen LogP contribution in [0.4, 0.5) is 15.0 Å². The smallest absolute Gasteiger partial charge is 0.410 e. The van der Waals surface area contributed by atoms with Crippen LogP contribution in [0.1, 0.15) is 45.1 Å². The van der Waals surface area contributed by atoms with Gasteiger partial charge in [-0.3, -0.25) is 0 Å². The zero-order valence-corrected chi connectivity index (χ0v) is 18.5. The van der Waals surface area contributed by atoms with Crippen molar-refractivity contribution >= 4 is 17.6 Å². The fraction of sp³-hybridized carbons (Fsp3) is 0.478. The number of alkyl halides is 1. The fourth-order valence-corrected chi connectivity index (χ4v) is 3.93. The number of amides is 1. The van der Waals surface area contributed by atoms with Crippen molar-refractivity contribution in [3.8, 4) is 11.3 Å². The molecule has 168 valence electrons. The minimum Gasteiger partial charge on any atom is -0.444 e. The van der Waals surface area contributed by atoms with Gasteiger partial charge in [0.1, 0.15) is 17.6 Å². The Morgan fingerprint density at radius 1 is 1.22 bits per heavy atom. The topological polar surface area (TPSA) is 84.7 Å². The number of aromatic nitrogens is 4. The van der Waals surface area contributed by atoms with E-state index in [9.17, 15) is 9.18 Å². The summed E-state index contributed by atoms with van der Waals surface area (Å²) in [7, 11) is 0. The number of halogens is 1. The second-order valence-electron chi connectivity index (χ2n) is 9.55. The Morgan fingerprint density at radius 2 is 2.03 bits per heavy atom. The van der Waals surface area contributed by atoms with Gasteiger partial charge in [-0.05, 0) is 57.2 Å². The fourth-order valence-electron chi connectivity index (χ4n) is 3.93. The molecule has 1 saturated heterocycles. The molecule has 4 heterocycles. The highest BCUT2D eigenvalue weighted by Crippen LogP contribution is 2.39. The van der Waals surface area contributed by atoms with Crippen molar-refractivity contribution in [2.75, 3.05) is 18.4 Å². The summed E-state index contributed by atoms with van der Waals surface area (Å²) in [5, 5.41) is 7.58. The Labute approximate surface area is 185 Å². The highest BCUT2D eigenvalue weighted by molar-refractivity contribution is 5.75. The standard InChI is InChI=1S/C23H27FN6O2/c1-23(2,3)32-22(31)29-12-17(24)19(13-29)28-20-6-4-5-18(27-20)16-10-26-30-11-15(14-7-8-14)9-25-21(16)30/h4-6,9-11,14,17,19H,7-8,12-13H2,1-3H3,(H,27,28)/t17-,19-/m0/s1. The molecule has 3 aromatic rings. The predicted octanol–water partition coefficient (Wildman–Crippen LogP) is 4.04. The van der Waals surface area contributed by atoms with Gasteiger partial charge in [-0.2, -0.15) is 5.10 Å². The molecule has 3 aromatic heterocycles. The third-order valence-corrected chi connectivity index (χ3v) is 5.68. The summed E-state index contributed by atoms with van der Waals surface area (Å²) in [4.78, 5) is 22.9. The van der Waals surface area contributed by atoms with Crippen LogP contribution in [0, 0.1) is 0 Å². The van der Waals surface area contributed by atoms with E-state index in [0.717, 1.165) is 11.2 Å². The first-order valence-electron chi connectivity index (χ1n) is 11.0. The van der Waals surface area contributed by atoms with Crippen molar-refractivity contribution in [3.05, 3.63) is 42.4 Å². The highest BCUT2D eigenvalue weighted by atomic mass is 19.1. The van der Waals surface area contributed by atoms with E-state index in [2.05, 4.69) is 20.4 Å². The first-order valence-corrected chi connectivity index (χ1v) is 11.0. The molecule has 1 N–H and O–H groups in total. The van der Waals surface area contributed by atoms with Gasteiger partial charge in [-0.25, -0.2) is 23.7 Å². The van der Waals surface area contributed by atoms with E-state index < -0.39 is 23.9 Å². The minimum atomic E-state index is -1.22. The number of nitrogens with zero attached hydrogens (tertiary/aromatic N) is 5. The summed E-state index contributed by atoms with van der Waals surface area (Å²) < 4.78 is 21.8. The normalized spacial score (nSPS) is 21.2. The summed E-state index contributed by atoms with van der Waals surface area (Å²) >= 11 is 0. The second-order valence-corrected chi connectivity index (χ2v) is 9.55. The molecule has 2 aliphatic rings. The number of nitrogens with one attached hydrogen (secondary N) is 1. The summed E-state index contributed by atoms with van der Waals surface area (Å²) in [6, 6.07) is 4.97. The lowest BCUT2D eigenvalue weighted by molar-refractivity contribution is 0.0283. The zero-order valence-electron chi connectivity index (χ0n) is 18.5. The molecule has 2 fully saturated rings. The van der Waals surface area contributed by atoms with Crippen LogP contribution in [0.15, 0.2) is 36.8 Å². The van der Waals surface area contributed by atoms with Crippen LogP contribution < -0.4 is 5.32 Å². The molecular weight excluding hydrogens is 411 g/mol. The molecule has 1 aliphatic heterocycles. The van der Waals surface area contributed by atoms with Crippen LogP contribution in [0.5, 0.6) is 0 Å². The molecule has 0 bridgehead atoms. The van der Waals surface area contributed by atoms with Crippen molar-refractivity contribution in [1.82, 2.24) is 24.5 Å². The van der Waals surface area contributed by atoms with E-state index in [1.807, 2.05) is 24.5 Å². The molecule has 1 saturated carbocycles. The molecule has 1 aliphatic carbocycles. The summed E-state index contributed by atoms with van der Waals surface area (Å²) in [5.41, 5.74) is 2.84. The lowest BCUT2D eigenvalue weighted by atomic mass is 10.2. The Hall–Kier alpha value is -3.23. The van der Waals surface area contributed by atoms with E-state index in [-0.39, 0.29) is 13.1 Å². The van der Waals surface area contributed by atoms with Crippen molar-refractivity contribution in [2.45, 2.75) is 57.3 Å². The molecule has 0 spiro atoms. The Bertz CT molecular complexity index is 1150. The van der Waals surface area contributed by atoms with Gasteiger partial charge >= 0.3 is 6.09 Å². The van der Waals surface area contributed by atoms with E-state index >= 15 is 0 Å². The second kappa shape index (κ2) is 7.72. The van der Waals surface area contributed by atoms with Gasteiger partial charge in [0.05, 0.1) is 30.0 Å². The zero-order chi connectivity index (χ0) is 22.5. The number of anilines is 1. The van der Waals surface area contributed by atoms with Gasteiger partial charge in [0, 0.05) is 18.9 Å². The number of hydrogen-bond acceptors (Lipinski definition) is 6. The summed E-state index contributed by atoms with van der Waals surface area (Å²) in [5.74, 6) is 1.14. The monoisotopic (exact) mass is 438 g/mol. The highest BCUT2D eigenvalue weighted by Gasteiger charge is 2.37. The van der Waals surface area contributed by atoms with E-state index in [1.165, 1.54) is 23.3 Å². The van der Waals surface area contributed by atoms with E-state index in [0.29, 0.717) is 17.4 Å². The first-order chi connectivity index (χ1) is 15.3. The molecule has 1 amide bonds.